The molecule has 1 N–H and O–H groups in total. The molecule has 1 aromatic rings. The van der Waals surface area contributed by atoms with Crippen LogP contribution in [0.4, 0.5) is 5.69 Å². The molecular weight excluding hydrogens is 272 g/mol. The summed E-state index contributed by atoms with van der Waals surface area (Å²) in [5.74, 6) is -0.000506. The second kappa shape index (κ2) is 7.19. The van der Waals surface area contributed by atoms with Gasteiger partial charge in [-0.1, -0.05) is 25.7 Å². The number of amides is 1. The summed E-state index contributed by atoms with van der Waals surface area (Å²) in [6, 6.07) is 0.285. The molecule has 116 valence electrons. The summed E-state index contributed by atoms with van der Waals surface area (Å²) >= 11 is 0. The number of carbonyl (C=O) groups is 1. The van der Waals surface area contributed by atoms with Gasteiger partial charge >= 0.3 is 5.69 Å². The molecule has 1 amide bonds. The van der Waals surface area contributed by atoms with Crippen LogP contribution in [0.5, 0.6) is 0 Å². The van der Waals surface area contributed by atoms with Crippen LogP contribution in [0.15, 0.2) is 6.20 Å². The van der Waals surface area contributed by atoms with Gasteiger partial charge in [0.2, 0.25) is 5.91 Å². The standard InChI is InChI=1S/C14H22N4O3/c1-11-13(18(20)21)10-15-17(11)9-8-14(19)16-12-6-4-2-3-5-7-12/h10,12H,2-9H2,1H3,(H,16,19). The van der Waals surface area contributed by atoms with Gasteiger partial charge in [-0.2, -0.15) is 5.10 Å². The summed E-state index contributed by atoms with van der Waals surface area (Å²) < 4.78 is 1.52. The highest BCUT2D eigenvalue weighted by Gasteiger charge is 2.18. The molecule has 21 heavy (non-hydrogen) atoms. The van der Waals surface area contributed by atoms with Crippen molar-refractivity contribution in [2.24, 2.45) is 0 Å². The van der Waals surface area contributed by atoms with Crippen molar-refractivity contribution in [3.63, 3.8) is 0 Å². The summed E-state index contributed by atoms with van der Waals surface area (Å²) in [4.78, 5) is 22.3. The fourth-order valence-electron chi connectivity index (χ4n) is 2.77. The van der Waals surface area contributed by atoms with E-state index >= 15 is 0 Å². The van der Waals surface area contributed by atoms with Crippen molar-refractivity contribution in [2.45, 2.75) is 64.5 Å². The van der Waals surface area contributed by atoms with Crippen molar-refractivity contribution in [2.75, 3.05) is 0 Å². The number of hydrogen-bond donors (Lipinski definition) is 1. The van der Waals surface area contributed by atoms with Crippen molar-refractivity contribution in [1.82, 2.24) is 15.1 Å². The Morgan fingerprint density at radius 3 is 2.67 bits per heavy atom. The van der Waals surface area contributed by atoms with Crippen molar-refractivity contribution < 1.29 is 9.72 Å². The topological polar surface area (TPSA) is 90.1 Å². The first-order valence-corrected chi connectivity index (χ1v) is 7.54. The van der Waals surface area contributed by atoms with E-state index in [2.05, 4.69) is 10.4 Å². The fourth-order valence-corrected chi connectivity index (χ4v) is 2.77. The third-order valence-corrected chi connectivity index (χ3v) is 4.04. The quantitative estimate of drug-likeness (QED) is 0.512. The van der Waals surface area contributed by atoms with E-state index in [4.69, 9.17) is 0 Å². The predicted molar refractivity (Wildman–Crippen MR) is 77.9 cm³/mol. The highest BCUT2D eigenvalue weighted by Crippen LogP contribution is 2.18. The lowest BCUT2D eigenvalue weighted by Crippen LogP contribution is -2.34. The van der Waals surface area contributed by atoms with Gasteiger partial charge in [0.1, 0.15) is 11.9 Å². The third-order valence-electron chi connectivity index (χ3n) is 4.04. The minimum absolute atomic E-state index is 0.000506. The van der Waals surface area contributed by atoms with E-state index in [1.807, 2.05) is 0 Å². The number of aryl methyl sites for hydroxylation is 1. The highest BCUT2D eigenvalue weighted by atomic mass is 16.6. The van der Waals surface area contributed by atoms with Crippen LogP contribution in [0.25, 0.3) is 0 Å². The minimum atomic E-state index is -0.454. The first kappa shape index (κ1) is 15.5. The Balaban J connectivity index is 1.82. The van der Waals surface area contributed by atoms with Gasteiger partial charge in [0, 0.05) is 12.5 Å². The van der Waals surface area contributed by atoms with Gasteiger partial charge in [-0.15, -0.1) is 0 Å². The molecule has 7 heteroatoms. The average molecular weight is 294 g/mol. The van der Waals surface area contributed by atoms with Crippen molar-refractivity contribution in [3.05, 3.63) is 22.0 Å². The predicted octanol–water partition coefficient (Wildman–Crippen LogP) is 2.33. The number of hydrogen-bond acceptors (Lipinski definition) is 4. The smallest absolute Gasteiger partial charge is 0.309 e. The molecule has 1 heterocycles. The van der Waals surface area contributed by atoms with Crippen molar-refractivity contribution in [3.8, 4) is 0 Å². The normalized spacial score (nSPS) is 16.4. The van der Waals surface area contributed by atoms with Gasteiger partial charge in [-0.05, 0) is 19.8 Å². The molecule has 0 unspecified atom stereocenters. The zero-order valence-electron chi connectivity index (χ0n) is 12.4. The molecule has 0 spiro atoms. The fraction of sp³-hybridized carbons (Fsp3) is 0.714. The Hall–Kier alpha value is -1.92. The summed E-state index contributed by atoms with van der Waals surface area (Å²) in [5, 5.41) is 17.8. The molecule has 0 aliphatic heterocycles. The molecule has 1 aromatic heterocycles. The summed E-state index contributed by atoms with van der Waals surface area (Å²) in [7, 11) is 0. The van der Waals surface area contributed by atoms with Crippen LogP contribution in [0.3, 0.4) is 0 Å². The van der Waals surface area contributed by atoms with Crippen LogP contribution in [-0.4, -0.2) is 26.7 Å². The maximum atomic E-state index is 12.0. The maximum absolute atomic E-state index is 12.0. The molecule has 0 radical (unpaired) electrons. The lowest BCUT2D eigenvalue weighted by molar-refractivity contribution is -0.385. The van der Waals surface area contributed by atoms with Crippen LogP contribution in [-0.2, 0) is 11.3 Å². The molecule has 2 rings (SSSR count). The molecular formula is C14H22N4O3. The molecule has 0 saturated heterocycles. The summed E-state index contributed by atoms with van der Waals surface area (Å²) in [6.45, 7) is 2.02. The number of nitrogens with zero attached hydrogens (tertiary/aromatic N) is 3. The van der Waals surface area contributed by atoms with Crippen LogP contribution in [0, 0.1) is 17.0 Å². The van der Waals surface area contributed by atoms with E-state index in [1.54, 1.807) is 6.92 Å². The van der Waals surface area contributed by atoms with Crippen LogP contribution >= 0.6 is 0 Å². The second-order valence-electron chi connectivity index (χ2n) is 5.60. The van der Waals surface area contributed by atoms with E-state index in [9.17, 15) is 14.9 Å². The minimum Gasteiger partial charge on any atom is -0.353 e. The Bertz CT molecular complexity index is 504. The SMILES string of the molecule is Cc1c([N+](=O)[O-])cnn1CCC(=O)NC1CCCCCC1. The number of nitro groups is 1. The molecule has 0 bridgehead atoms. The van der Waals surface area contributed by atoms with E-state index in [-0.39, 0.29) is 17.6 Å². The zero-order chi connectivity index (χ0) is 15.2. The Kier molecular flexibility index (Phi) is 5.30. The molecule has 1 aliphatic rings. The van der Waals surface area contributed by atoms with Gasteiger partial charge in [0.05, 0.1) is 11.5 Å². The van der Waals surface area contributed by atoms with E-state index in [0.717, 1.165) is 12.8 Å². The van der Waals surface area contributed by atoms with Gasteiger partial charge in [-0.3, -0.25) is 19.6 Å². The highest BCUT2D eigenvalue weighted by molar-refractivity contribution is 5.76. The second-order valence-corrected chi connectivity index (χ2v) is 5.60. The number of nitrogens with one attached hydrogen (secondary N) is 1. The van der Waals surface area contributed by atoms with Gasteiger partial charge in [-0.25, -0.2) is 0 Å². The first-order valence-electron chi connectivity index (χ1n) is 7.54. The maximum Gasteiger partial charge on any atom is 0.309 e. The van der Waals surface area contributed by atoms with Gasteiger partial charge < -0.3 is 5.32 Å². The zero-order valence-corrected chi connectivity index (χ0v) is 12.4. The molecule has 0 atom stereocenters. The monoisotopic (exact) mass is 294 g/mol. The summed E-state index contributed by atoms with van der Waals surface area (Å²) in [6.07, 6.45) is 8.50. The van der Waals surface area contributed by atoms with E-state index in [1.165, 1.54) is 36.6 Å². The number of carbonyl (C=O) groups excluding carboxylic acids is 1. The van der Waals surface area contributed by atoms with E-state index < -0.39 is 4.92 Å². The molecule has 1 fully saturated rings. The molecule has 7 nitrogen and oxygen atoms in total. The number of rotatable bonds is 5. The van der Waals surface area contributed by atoms with Crippen LogP contribution in [0.1, 0.15) is 50.6 Å². The Morgan fingerprint density at radius 1 is 1.43 bits per heavy atom. The molecule has 1 saturated carbocycles. The molecule has 0 aromatic carbocycles. The van der Waals surface area contributed by atoms with E-state index in [0.29, 0.717) is 18.7 Å². The van der Waals surface area contributed by atoms with Gasteiger partial charge in [0.25, 0.3) is 0 Å². The Morgan fingerprint density at radius 2 is 2.10 bits per heavy atom. The van der Waals surface area contributed by atoms with Gasteiger partial charge in [0.15, 0.2) is 0 Å². The van der Waals surface area contributed by atoms with Crippen molar-refractivity contribution >= 4 is 11.6 Å². The Labute approximate surface area is 123 Å². The molecule has 1 aliphatic carbocycles. The van der Waals surface area contributed by atoms with Crippen LogP contribution in [0.2, 0.25) is 0 Å². The number of aromatic nitrogens is 2. The van der Waals surface area contributed by atoms with Crippen LogP contribution < -0.4 is 5.32 Å². The lowest BCUT2D eigenvalue weighted by Gasteiger charge is -2.16. The lowest BCUT2D eigenvalue weighted by atomic mass is 10.1. The third kappa shape index (κ3) is 4.27. The summed E-state index contributed by atoms with van der Waals surface area (Å²) in [5.41, 5.74) is 0.487. The largest absolute Gasteiger partial charge is 0.353 e. The average Bonchev–Trinajstić information content (AvgIpc) is 2.64. The van der Waals surface area contributed by atoms with Crippen molar-refractivity contribution in [1.29, 1.82) is 0 Å². The first-order chi connectivity index (χ1) is 10.1.